The molecule has 1 fully saturated rings. The lowest BCUT2D eigenvalue weighted by Crippen LogP contribution is -2.47. The van der Waals surface area contributed by atoms with E-state index in [2.05, 4.69) is 19.9 Å². The van der Waals surface area contributed by atoms with Gasteiger partial charge >= 0.3 is 0 Å². The number of likely N-dealkylation sites (tertiary alicyclic amines) is 1. The third-order valence-electron chi connectivity index (χ3n) is 4.48. The first kappa shape index (κ1) is 13.4. The van der Waals surface area contributed by atoms with Crippen molar-refractivity contribution in [3.63, 3.8) is 0 Å². The average molecular weight is 274 g/mol. The molecule has 0 spiro atoms. The molecule has 108 valence electrons. The van der Waals surface area contributed by atoms with Crippen molar-refractivity contribution in [3.05, 3.63) is 28.8 Å². The van der Waals surface area contributed by atoms with E-state index in [0.29, 0.717) is 6.42 Å². The molecule has 2 N–H and O–H groups in total. The maximum atomic E-state index is 12.5. The highest BCUT2D eigenvalue weighted by Gasteiger charge is 2.33. The van der Waals surface area contributed by atoms with Gasteiger partial charge in [0, 0.05) is 25.6 Å². The van der Waals surface area contributed by atoms with Crippen LogP contribution in [0.4, 0.5) is 0 Å². The first-order valence-electron chi connectivity index (χ1n) is 7.36. The van der Waals surface area contributed by atoms with Crippen molar-refractivity contribution in [2.75, 3.05) is 13.1 Å². The quantitative estimate of drug-likeness (QED) is 0.845. The molecule has 0 aromatic heterocycles. The Morgan fingerprint density at radius 2 is 1.90 bits per heavy atom. The minimum absolute atomic E-state index is 0.114. The average Bonchev–Trinajstić information content (AvgIpc) is 2.82. The number of ether oxygens (including phenoxy) is 1. The number of aryl methyl sites for hydroxylation is 2. The van der Waals surface area contributed by atoms with E-state index in [1.165, 1.54) is 11.1 Å². The third-order valence-corrected chi connectivity index (χ3v) is 4.48. The van der Waals surface area contributed by atoms with Crippen molar-refractivity contribution in [2.24, 2.45) is 5.73 Å². The molecule has 2 aliphatic rings. The lowest BCUT2D eigenvalue weighted by Gasteiger charge is -2.31. The Morgan fingerprint density at radius 1 is 1.25 bits per heavy atom. The molecule has 2 heterocycles. The molecule has 0 radical (unpaired) electrons. The molecule has 1 atom stereocenters. The molecule has 2 aliphatic heterocycles. The lowest BCUT2D eigenvalue weighted by atomic mass is 10.0. The fourth-order valence-corrected chi connectivity index (χ4v) is 2.97. The summed E-state index contributed by atoms with van der Waals surface area (Å²) in [6.07, 6.45) is 2.13. The van der Waals surface area contributed by atoms with Crippen molar-refractivity contribution in [1.29, 1.82) is 0 Å². The van der Waals surface area contributed by atoms with Crippen LogP contribution in [0.3, 0.4) is 0 Å². The van der Waals surface area contributed by atoms with Crippen LogP contribution in [0.5, 0.6) is 5.75 Å². The normalized spacial score (nSPS) is 22.6. The van der Waals surface area contributed by atoms with Crippen molar-refractivity contribution in [1.82, 2.24) is 4.90 Å². The number of nitrogens with zero attached hydrogens (tertiary/aromatic N) is 1. The van der Waals surface area contributed by atoms with Gasteiger partial charge in [-0.15, -0.1) is 0 Å². The number of nitrogens with two attached hydrogens (primary N) is 1. The molecule has 20 heavy (non-hydrogen) atoms. The molecule has 1 unspecified atom stereocenters. The van der Waals surface area contributed by atoms with Crippen LogP contribution in [-0.4, -0.2) is 36.0 Å². The van der Waals surface area contributed by atoms with Gasteiger partial charge in [0.15, 0.2) is 6.10 Å². The van der Waals surface area contributed by atoms with Gasteiger partial charge in [0.2, 0.25) is 0 Å². The minimum Gasteiger partial charge on any atom is -0.480 e. The van der Waals surface area contributed by atoms with Crippen LogP contribution < -0.4 is 10.5 Å². The Balaban J connectivity index is 1.70. The first-order chi connectivity index (χ1) is 9.54. The maximum absolute atomic E-state index is 12.5. The molecule has 1 saturated heterocycles. The Morgan fingerprint density at radius 3 is 2.60 bits per heavy atom. The Bertz CT molecular complexity index is 503. The summed E-state index contributed by atoms with van der Waals surface area (Å²) in [4.78, 5) is 14.4. The summed E-state index contributed by atoms with van der Waals surface area (Å²) in [5.41, 5.74) is 9.50. The lowest BCUT2D eigenvalue weighted by molar-refractivity contribution is -0.138. The summed E-state index contributed by atoms with van der Waals surface area (Å²) in [6.45, 7) is 5.68. The summed E-state index contributed by atoms with van der Waals surface area (Å²) in [5, 5.41) is 0. The Kier molecular flexibility index (Phi) is 3.42. The zero-order valence-corrected chi connectivity index (χ0v) is 12.2. The van der Waals surface area contributed by atoms with Gasteiger partial charge in [-0.25, -0.2) is 0 Å². The van der Waals surface area contributed by atoms with Crippen LogP contribution in [-0.2, 0) is 11.2 Å². The number of hydrogen-bond acceptors (Lipinski definition) is 3. The molecule has 1 aromatic rings. The smallest absolute Gasteiger partial charge is 0.263 e. The van der Waals surface area contributed by atoms with Gasteiger partial charge in [0.1, 0.15) is 5.75 Å². The van der Waals surface area contributed by atoms with E-state index in [4.69, 9.17) is 10.5 Å². The summed E-state index contributed by atoms with van der Waals surface area (Å²) >= 11 is 0. The minimum atomic E-state index is -0.347. The van der Waals surface area contributed by atoms with Gasteiger partial charge in [-0.3, -0.25) is 4.79 Å². The number of piperidine rings is 1. The molecule has 0 aliphatic carbocycles. The van der Waals surface area contributed by atoms with Crippen LogP contribution in [0.15, 0.2) is 12.1 Å². The van der Waals surface area contributed by atoms with Crippen LogP contribution in [0.1, 0.15) is 29.5 Å². The number of fused-ring (bicyclic) bond motifs is 1. The van der Waals surface area contributed by atoms with Crippen molar-refractivity contribution < 1.29 is 9.53 Å². The topological polar surface area (TPSA) is 55.6 Å². The highest BCUT2D eigenvalue weighted by atomic mass is 16.5. The maximum Gasteiger partial charge on any atom is 0.263 e. The number of benzene rings is 1. The van der Waals surface area contributed by atoms with Gasteiger partial charge in [-0.2, -0.15) is 0 Å². The molecule has 0 saturated carbocycles. The number of hydrogen-bond donors (Lipinski definition) is 1. The standard InChI is InChI=1S/C16H22N2O2/c1-10-7-12-9-15(20-14(12)8-11(10)2)16(19)18-5-3-13(17)4-6-18/h7-8,13,15H,3-6,9,17H2,1-2H3. The molecule has 1 aromatic carbocycles. The first-order valence-corrected chi connectivity index (χ1v) is 7.36. The monoisotopic (exact) mass is 274 g/mol. The van der Waals surface area contributed by atoms with Crippen molar-refractivity contribution >= 4 is 5.91 Å². The van der Waals surface area contributed by atoms with Crippen molar-refractivity contribution in [2.45, 2.75) is 45.3 Å². The molecular formula is C16H22N2O2. The van der Waals surface area contributed by atoms with Gasteiger partial charge in [0.25, 0.3) is 5.91 Å². The van der Waals surface area contributed by atoms with E-state index in [9.17, 15) is 4.79 Å². The van der Waals surface area contributed by atoms with Gasteiger partial charge in [-0.1, -0.05) is 6.07 Å². The number of rotatable bonds is 1. The van der Waals surface area contributed by atoms with Crippen LogP contribution >= 0.6 is 0 Å². The Labute approximate surface area is 119 Å². The van der Waals surface area contributed by atoms with E-state index < -0.39 is 0 Å². The zero-order chi connectivity index (χ0) is 14.3. The SMILES string of the molecule is Cc1cc2c(cc1C)OC(C(=O)N1CCC(N)CC1)C2. The number of amides is 1. The van der Waals surface area contributed by atoms with E-state index >= 15 is 0 Å². The highest BCUT2D eigenvalue weighted by Crippen LogP contribution is 2.32. The van der Waals surface area contributed by atoms with E-state index in [0.717, 1.165) is 37.2 Å². The summed E-state index contributed by atoms with van der Waals surface area (Å²) < 4.78 is 5.86. The summed E-state index contributed by atoms with van der Waals surface area (Å²) in [6, 6.07) is 4.43. The Hall–Kier alpha value is -1.55. The van der Waals surface area contributed by atoms with Crippen LogP contribution in [0.2, 0.25) is 0 Å². The van der Waals surface area contributed by atoms with Crippen LogP contribution in [0, 0.1) is 13.8 Å². The summed E-state index contributed by atoms with van der Waals surface area (Å²) in [5.74, 6) is 0.989. The molecule has 1 amide bonds. The highest BCUT2D eigenvalue weighted by molar-refractivity contribution is 5.82. The second kappa shape index (κ2) is 5.09. The van der Waals surface area contributed by atoms with E-state index in [-0.39, 0.29) is 18.1 Å². The summed E-state index contributed by atoms with van der Waals surface area (Å²) in [7, 11) is 0. The number of carbonyl (C=O) groups excluding carboxylic acids is 1. The predicted molar refractivity (Wildman–Crippen MR) is 77.8 cm³/mol. The molecule has 0 bridgehead atoms. The second-order valence-electron chi connectivity index (χ2n) is 6.02. The predicted octanol–water partition coefficient (Wildman–Crippen LogP) is 1.56. The fourth-order valence-electron chi connectivity index (χ4n) is 2.97. The largest absolute Gasteiger partial charge is 0.480 e. The van der Waals surface area contributed by atoms with Gasteiger partial charge in [-0.05, 0) is 49.4 Å². The zero-order valence-electron chi connectivity index (χ0n) is 12.2. The van der Waals surface area contributed by atoms with E-state index in [1.807, 2.05) is 11.0 Å². The van der Waals surface area contributed by atoms with E-state index in [1.54, 1.807) is 0 Å². The van der Waals surface area contributed by atoms with Gasteiger partial charge in [0.05, 0.1) is 0 Å². The van der Waals surface area contributed by atoms with Crippen molar-refractivity contribution in [3.8, 4) is 5.75 Å². The van der Waals surface area contributed by atoms with Gasteiger partial charge < -0.3 is 15.4 Å². The second-order valence-corrected chi connectivity index (χ2v) is 6.02. The van der Waals surface area contributed by atoms with Crippen LogP contribution in [0.25, 0.3) is 0 Å². The number of carbonyl (C=O) groups is 1. The molecule has 3 rings (SSSR count). The molecule has 4 heteroatoms. The molecule has 4 nitrogen and oxygen atoms in total. The third kappa shape index (κ3) is 2.40. The molecular weight excluding hydrogens is 252 g/mol. The fraction of sp³-hybridized carbons (Fsp3) is 0.562.